The number of benzene rings is 4. The quantitative estimate of drug-likeness (QED) is 0.0128. The number of amides is 4. The Kier molecular flexibility index (Phi) is 37.2. The number of barbiturate groups is 1. The topological polar surface area (TPSA) is 489 Å². The number of likely N-dealkylation sites (tertiary alicyclic amines) is 3. The molecule has 0 bridgehead atoms. The number of carboxylic acids is 6. The molecule has 35 nitrogen and oxygen atoms in total. The number of fused-ring (bicyclic) bond motifs is 2. The van der Waals surface area contributed by atoms with Crippen LogP contribution in [0.15, 0.2) is 124 Å². The summed E-state index contributed by atoms with van der Waals surface area (Å²) in [4.78, 5) is 132. The molecule has 4 fully saturated rings. The second-order valence-electron chi connectivity index (χ2n) is 28.1. The number of likely N-dealkylation sites (N-methyl/N-ethyl adjacent to an activating group) is 1. The fourth-order valence-electron chi connectivity index (χ4n) is 12.9. The number of piperidine rings is 3. The zero-order chi connectivity index (χ0) is 83.0. The third-order valence-corrected chi connectivity index (χ3v) is 21.3. The van der Waals surface area contributed by atoms with Crippen molar-refractivity contribution < 1.29 is 148 Å². The van der Waals surface area contributed by atoms with Gasteiger partial charge in [0, 0.05) is 50.1 Å². The molecule has 5 aliphatic heterocycles. The fraction of sp³-hybridized carbons (Fsp3) is 0.507. The van der Waals surface area contributed by atoms with E-state index in [9.17, 15) is 73.9 Å². The molecule has 112 heavy (non-hydrogen) atoms. The first-order valence-electron chi connectivity index (χ1n) is 35.6. The summed E-state index contributed by atoms with van der Waals surface area (Å²) >= 11 is 1.87. The second kappa shape index (κ2) is 43.3. The molecule has 5 aliphatic rings. The van der Waals surface area contributed by atoms with E-state index in [0.29, 0.717) is 62.3 Å². The molecule has 0 spiro atoms. The fourth-order valence-corrected chi connectivity index (χ4v) is 14.6. The van der Waals surface area contributed by atoms with E-state index in [1.807, 2.05) is 48.2 Å². The van der Waals surface area contributed by atoms with Crippen LogP contribution in [0.1, 0.15) is 102 Å². The number of carbonyl (C=O) groups excluding carboxylic acids is 3. The Bertz CT molecular complexity index is 4150. The predicted molar refractivity (Wildman–Crippen MR) is 404 cm³/mol. The second-order valence-corrected chi connectivity index (χ2v) is 31.7. The number of imide groups is 2. The number of quaternary nitrogens is 1. The Labute approximate surface area is 677 Å². The van der Waals surface area contributed by atoms with Crippen LogP contribution in [0, 0.1) is 6.92 Å². The van der Waals surface area contributed by atoms with Gasteiger partial charge in [0.25, 0.3) is 17.4 Å². The summed E-state index contributed by atoms with van der Waals surface area (Å²) in [6.07, 6.45) is 5.52. The van der Waals surface area contributed by atoms with Crippen LogP contribution in [0.3, 0.4) is 0 Å². The first kappa shape index (κ1) is 96.2. The summed E-state index contributed by atoms with van der Waals surface area (Å²) in [5.74, 6) is -11.5. The van der Waals surface area contributed by atoms with E-state index < -0.39 is 111 Å². The predicted octanol–water partition coefficient (Wildman–Crippen LogP) is 1.54. The number of nitrogens with zero attached hydrogens (tertiary/aromatic N) is 10. The molecule has 0 radical (unpaired) electrons. The van der Waals surface area contributed by atoms with Gasteiger partial charge in [-0.3, -0.25) is 57.1 Å². The van der Waals surface area contributed by atoms with Gasteiger partial charge in [-0.25, -0.2) is 35.9 Å². The number of urea groups is 1. The van der Waals surface area contributed by atoms with Crippen LogP contribution >= 0.6 is 11.8 Å². The molecule has 5 aromatic rings. The molecule has 6 heterocycles. The zero-order valence-corrected chi connectivity index (χ0v) is 68.8. The summed E-state index contributed by atoms with van der Waals surface area (Å²) in [5.41, 5.74) is -2.52. The number of aliphatic hydroxyl groups is 2. The van der Waals surface area contributed by atoms with Crippen molar-refractivity contribution >= 4 is 103 Å². The Morgan fingerprint density at radius 3 is 1.28 bits per heavy atom. The van der Waals surface area contributed by atoms with Crippen molar-refractivity contribution in [1.29, 1.82) is 0 Å². The smallest absolute Gasteiger partial charge is 0.747 e. The van der Waals surface area contributed by atoms with Crippen LogP contribution in [0.25, 0.3) is 5.69 Å². The third kappa shape index (κ3) is 27.5. The number of aliphatic carboxylic acids is 6. The van der Waals surface area contributed by atoms with Crippen molar-refractivity contribution in [2.45, 2.75) is 130 Å². The number of anilines is 3. The van der Waals surface area contributed by atoms with E-state index in [2.05, 4.69) is 100 Å². The van der Waals surface area contributed by atoms with Crippen molar-refractivity contribution in [2.24, 2.45) is 7.05 Å². The van der Waals surface area contributed by atoms with Gasteiger partial charge in [-0.1, -0.05) is 104 Å². The molecule has 4 saturated heterocycles. The largest absolute Gasteiger partial charge is 1.00 e. The minimum atomic E-state index is -4.45. The van der Waals surface area contributed by atoms with Crippen LogP contribution in [0.5, 0.6) is 0 Å². The van der Waals surface area contributed by atoms with Gasteiger partial charge in [-0.05, 0) is 134 Å². The Balaban J connectivity index is 0.000000306. The molecule has 1 unspecified atom stereocenters. The summed E-state index contributed by atoms with van der Waals surface area (Å²) in [6, 6.07) is 36.0. The summed E-state index contributed by atoms with van der Waals surface area (Å²) in [7, 11) is 1.85. The van der Waals surface area contributed by atoms with Crippen LogP contribution in [-0.4, -0.2) is 289 Å². The SMILES string of the molecule is CC(CN1c2ccccc2Sc2ccccc21)[N+](C)(C)C.COS(=O)(=O)[O-].Cc1c(N(C)CS(=O)(=O)[O-])c(=O)n(-c2ccccc2)n1C.O=C(O)CC(O)(CC(=O)O)C(=O)O.O=C(O)CC(O)(CC(=O)O)C(=O)O.O=C1N(CCN2CCCCC2)C(=O)C(c2ccccc2)(N2CCCCC2)C(=O)N1CCN1CCCCC1.[Na+]. The maximum Gasteiger partial charge on any atom is 1.00 e. The Morgan fingerprint density at radius 1 is 0.571 bits per heavy atom. The van der Waals surface area contributed by atoms with Gasteiger partial charge in [0.05, 0.1) is 83.2 Å². The van der Waals surface area contributed by atoms with E-state index in [1.54, 1.807) is 42.9 Å². The number of hydrogen-bond acceptors (Lipinski definition) is 25. The zero-order valence-electron chi connectivity index (χ0n) is 64.4. The monoisotopic (exact) mass is 1640 g/mol. The van der Waals surface area contributed by atoms with Gasteiger partial charge in [0.2, 0.25) is 15.9 Å². The average molecular weight is 1640 g/mol. The van der Waals surface area contributed by atoms with Crippen molar-refractivity contribution in [2.75, 3.05) is 123 Å². The number of hydrogen-bond donors (Lipinski definition) is 8. The maximum absolute atomic E-state index is 14.5. The molecule has 4 aromatic carbocycles. The van der Waals surface area contributed by atoms with Crippen molar-refractivity contribution in [3.05, 3.63) is 131 Å². The number of rotatable bonds is 26. The van der Waals surface area contributed by atoms with E-state index in [4.69, 9.17) is 40.9 Å². The maximum atomic E-state index is 14.5. The normalized spacial score (nSPS) is 16.3. The van der Waals surface area contributed by atoms with E-state index in [-0.39, 0.29) is 52.6 Å². The Morgan fingerprint density at radius 2 is 0.929 bits per heavy atom. The van der Waals surface area contributed by atoms with E-state index in [0.717, 1.165) is 89.3 Å². The number of carbonyl (C=O) groups is 9. The van der Waals surface area contributed by atoms with Crippen LogP contribution in [-0.2, 0) is 75.6 Å². The van der Waals surface area contributed by atoms with Crippen LogP contribution in [0.2, 0.25) is 0 Å². The molecule has 39 heteroatoms. The minimum absolute atomic E-state index is 0. The van der Waals surface area contributed by atoms with Gasteiger partial charge in [-0.15, -0.1) is 0 Å². The van der Waals surface area contributed by atoms with Gasteiger partial charge in [0.1, 0.15) is 27.7 Å². The van der Waals surface area contributed by atoms with Crippen LogP contribution in [0.4, 0.5) is 21.9 Å². The van der Waals surface area contributed by atoms with E-state index in [1.165, 1.54) is 60.4 Å². The molecule has 612 valence electrons. The molecule has 1 atom stereocenters. The first-order chi connectivity index (χ1) is 51.9. The molecule has 8 N–H and O–H groups in total. The molecule has 1 aromatic heterocycles. The van der Waals surface area contributed by atoms with Gasteiger partial charge in [0.15, 0.2) is 11.2 Å². The van der Waals surface area contributed by atoms with Gasteiger partial charge >= 0.3 is 71.4 Å². The standard InChI is InChI=1S/C29H43N5O3.C18H23N2S.C13H17N3O4S.2C6H8O7.CH4O4S.Na/c35-26-29(25-13-5-1-6-14-25,32-19-11-4-12-20-32)27(36)34(24-22-31-17-9-3-10-18-31)28(37)33(26)23-21-30-15-7-2-8-16-30;1-14(20(2,3)4)13-19-15-9-5-7-11-17(15)21-18-12-8-6-10-16(18)19;1-10-12(14(2)9-21(18,19)20)13(17)16(15(10)3)11-7-5-4-6-8-11;2*7-3(8)1-6(13,5(11)12)2-4(9)10;1-5-6(2,3)4;/h1,5-6,13-14H,2-4,7-12,15-24H2;5-12,14H,13H2,1-4H3;4-8H,9H2,1-3H3,(H,18,19,20);2*13H,1-2H2,(H,7,8)(H,9,10)(H,11,12);1H3,(H,2,3,4);/q;+1;;;;;+1/p-2. The summed E-state index contributed by atoms with van der Waals surface area (Å²) in [6.45, 7) is 12.4. The number of para-hydroxylation sites is 3. The molecular weight excluding hydrogens is 1540 g/mol. The summed E-state index contributed by atoms with van der Waals surface area (Å²) in [5, 5.41) is 67.6. The van der Waals surface area contributed by atoms with Crippen LogP contribution < -0.4 is 44.9 Å². The molecule has 0 aliphatic carbocycles. The van der Waals surface area contributed by atoms with Crippen molar-refractivity contribution in [3.63, 3.8) is 0 Å². The van der Waals surface area contributed by atoms with Gasteiger partial charge in [-0.2, -0.15) is 0 Å². The molecule has 4 amide bonds. The third-order valence-electron chi connectivity index (χ3n) is 19.1. The molecular formula is C73H101N10NaO25S3. The Hall–Kier alpha value is -8.19. The minimum Gasteiger partial charge on any atom is -0.747 e. The van der Waals surface area contributed by atoms with Gasteiger partial charge < -0.3 is 74.0 Å². The summed E-state index contributed by atoms with van der Waals surface area (Å²) < 4.78 is 67.7. The first-order valence-corrected chi connectivity index (χ1v) is 39.3. The van der Waals surface area contributed by atoms with Crippen molar-refractivity contribution in [3.8, 4) is 5.69 Å². The van der Waals surface area contributed by atoms with Crippen molar-refractivity contribution in [1.82, 2.24) is 33.9 Å². The molecule has 10 rings (SSSR count). The number of carboxylic acid groups (broad SMARTS) is 6. The number of aromatic nitrogens is 2. The molecule has 0 saturated carbocycles. The van der Waals surface area contributed by atoms with E-state index >= 15 is 0 Å². The average Bonchev–Trinajstić information content (AvgIpc) is 1.03.